The van der Waals surface area contributed by atoms with Crippen molar-refractivity contribution < 1.29 is 18.7 Å². The molecule has 5 heteroatoms. The topological polar surface area (TPSA) is 47.6 Å². The third-order valence-corrected chi connectivity index (χ3v) is 3.67. The van der Waals surface area contributed by atoms with E-state index in [2.05, 4.69) is 18.8 Å². The molecule has 0 spiro atoms. The number of unbranched alkanes of at least 4 members (excludes halogenated alkanes) is 1. The first-order valence-corrected chi connectivity index (χ1v) is 8.13. The van der Waals surface area contributed by atoms with Crippen molar-refractivity contribution in [2.45, 2.75) is 19.8 Å². The first-order chi connectivity index (χ1) is 12.1. The molecular weight excluding hydrogens is 321 g/mol. The molecule has 0 atom stereocenters. The zero-order chi connectivity index (χ0) is 18.2. The smallest absolute Gasteiger partial charge is 0.247 e. The summed E-state index contributed by atoms with van der Waals surface area (Å²) in [5.74, 6) is 0.165. The fraction of sp³-hybridized carbons (Fsp3) is 0.250. The summed E-state index contributed by atoms with van der Waals surface area (Å²) in [5, 5.41) is 2.70. The van der Waals surface area contributed by atoms with Crippen molar-refractivity contribution in [2.24, 2.45) is 0 Å². The number of hydrogen-bond acceptors (Lipinski definition) is 3. The fourth-order valence-corrected chi connectivity index (χ4v) is 2.36. The Labute approximate surface area is 147 Å². The van der Waals surface area contributed by atoms with Gasteiger partial charge >= 0.3 is 0 Å². The average molecular weight is 343 g/mol. The summed E-state index contributed by atoms with van der Waals surface area (Å²) in [4.78, 5) is 11.7. The van der Waals surface area contributed by atoms with Crippen LogP contribution in [0.3, 0.4) is 0 Å². The van der Waals surface area contributed by atoms with Gasteiger partial charge in [0, 0.05) is 11.3 Å². The van der Waals surface area contributed by atoms with Crippen LogP contribution in [0.4, 0.5) is 10.1 Å². The van der Waals surface area contributed by atoms with Gasteiger partial charge in [-0.1, -0.05) is 26.0 Å². The van der Waals surface area contributed by atoms with Gasteiger partial charge in [-0.25, -0.2) is 4.39 Å². The van der Waals surface area contributed by atoms with Gasteiger partial charge in [-0.15, -0.1) is 0 Å². The Hall–Kier alpha value is -2.82. The van der Waals surface area contributed by atoms with Crippen LogP contribution in [-0.4, -0.2) is 19.6 Å². The number of carbonyl (C=O) groups excluding carboxylic acids is 1. The summed E-state index contributed by atoms with van der Waals surface area (Å²) >= 11 is 0. The van der Waals surface area contributed by atoms with E-state index in [9.17, 15) is 9.18 Å². The number of rotatable bonds is 8. The first kappa shape index (κ1) is 18.5. The number of ether oxygens (including phenoxy) is 2. The standard InChI is InChI=1S/C20H22FNO3/c1-4-6-12-25-18-9-7-8-16(21)20(18)15-13-14(24-3)10-11-17(15)22-19(23)5-2/h5,7-11,13H,2,4,6,12H2,1,3H3,(H,22,23). The molecule has 0 saturated carbocycles. The SMILES string of the molecule is C=CC(=O)Nc1ccc(OC)cc1-c1c(F)cccc1OCCCC. The van der Waals surface area contributed by atoms with Crippen molar-refractivity contribution in [3.05, 3.63) is 54.9 Å². The molecule has 132 valence electrons. The summed E-state index contributed by atoms with van der Waals surface area (Å²) in [6.07, 6.45) is 3.01. The largest absolute Gasteiger partial charge is 0.497 e. The lowest BCUT2D eigenvalue weighted by atomic mass is 10.0. The van der Waals surface area contributed by atoms with Gasteiger partial charge in [0.15, 0.2) is 0 Å². The van der Waals surface area contributed by atoms with E-state index in [0.717, 1.165) is 18.9 Å². The van der Waals surface area contributed by atoms with Crippen molar-refractivity contribution in [1.29, 1.82) is 0 Å². The highest BCUT2D eigenvalue weighted by Gasteiger charge is 2.17. The molecule has 0 aliphatic heterocycles. The van der Waals surface area contributed by atoms with Crippen LogP contribution in [0, 0.1) is 5.82 Å². The van der Waals surface area contributed by atoms with E-state index in [-0.39, 0.29) is 11.5 Å². The molecule has 0 aliphatic rings. The molecule has 0 unspecified atom stereocenters. The summed E-state index contributed by atoms with van der Waals surface area (Å²) in [6.45, 7) is 5.99. The Balaban J connectivity index is 2.55. The predicted octanol–water partition coefficient (Wildman–Crippen LogP) is 4.80. The van der Waals surface area contributed by atoms with Gasteiger partial charge in [0.05, 0.1) is 19.3 Å². The molecule has 2 aromatic rings. The molecule has 0 bridgehead atoms. The monoisotopic (exact) mass is 343 g/mol. The number of benzene rings is 2. The number of nitrogens with one attached hydrogen (secondary N) is 1. The number of methoxy groups -OCH3 is 1. The second-order valence-corrected chi connectivity index (χ2v) is 5.42. The quantitative estimate of drug-likeness (QED) is 0.553. The third-order valence-electron chi connectivity index (χ3n) is 3.67. The van der Waals surface area contributed by atoms with Crippen LogP contribution in [0.5, 0.6) is 11.5 Å². The van der Waals surface area contributed by atoms with Crippen LogP contribution in [0.1, 0.15) is 19.8 Å². The van der Waals surface area contributed by atoms with Crippen molar-refractivity contribution >= 4 is 11.6 Å². The Morgan fingerprint density at radius 3 is 2.80 bits per heavy atom. The van der Waals surface area contributed by atoms with Crippen molar-refractivity contribution in [2.75, 3.05) is 19.0 Å². The van der Waals surface area contributed by atoms with E-state index >= 15 is 0 Å². The lowest BCUT2D eigenvalue weighted by Gasteiger charge is -2.16. The highest BCUT2D eigenvalue weighted by Crippen LogP contribution is 2.39. The molecule has 0 aliphatic carbocycles. The zero-order valence-corrected chi connectivity index (χ0v) is 14.5. The first-order valence-electron chi connectivity index (χ1n) is 8.13. The average Bonchev–Trinajstić information content (AvgIpc) is 2.62. The Bertz CT molecular complexity index is 759. The van der Waals surface area contributed by atoms with Crippen LogP contribution >= 0.6 is 0 Å². The Kier molecular flexibility index (Phi) is 6.57. The number of halogens is 1. The molecule has 1 N–H and O–H groups in total. The molecule has 2 aromatic carbocycles. The van der Waals surface area contributed by atoms with Crippen LogP contribution in [-0.2, 0) is 4.79 Å². The van der Waals surface area contributed by atoms with E-state index in [1.54, 1.807) is 30.3 Å². The molecule has 4 nitrogen and oxygen atoms in total. The van der Waals surface area contributed by atoms with E-state index < -0.39 is 5.82 Å². The number of carbonyl (C=O) groups is 1. The molecule has 0 radical (unpaired) electrons. The van der Waals surface area contributed by atoms with Crippen LogP contribution < -0.4 is 14.8 Å². The van der Waals surface area contributed by atoms with Crippen LogP contribution in [0.15, 0.2) is 49.1 Å². The predicted molar refractivity (Wildman–Crippen MR) is 97.6 cm³/mol. The highest BCUT2D eigenvalue weighted by molar-refractivity contribution is 6.02. The maximum Gasteiger partial charge on any atom is 0.247 e. The highest BCUT2D eigenvalue weighted by atomic mass is 19.1. The third kappa shape index (κ3) is 4.59. The Morgan fingerprint density at radius 1 is 1.32 bits per heavy atom. The minimum Gasteiger partial charge on any atom is -0.497 e. The minimum absolute atomic E-state index is 0.289. The fourth-order valence-electron chi connectivity index (χ4n) is 2.36. The molecule has 0 heterocycles. The van der Waals surface area contributed by atoms with Gasteiger partial charge in [-0.05, 0) is 42.8 Å². The maximum absolute atomic E-state index is 14.6. The summed E-state index contributed by atoms with van der Waals surface area (Å²) in [6, 6.07) is 9.71. The van der Waals surface area contributed by atoms with E-state index in [1.165, 1.54) is 13.2 Å². The molecule has 0 aromatic heterocycles. The van der Waals surface area contributed by atoms with Gasteiger partial charge in [-0.2, -0.15) is 0 Å². The number of amides is 1. The van der Waals surface area contributed by atoms with Gasteiger partial charge in [0.25, 0.3) is 0 Å². The summed E-state index contributed by atoms with van der Waals surface area (Å²) in [7, 11) is 1.53. The lowest BCUT2D eigenvalue weighted by molar-refractivity contribution is -0.111. The lowest BCUT2D eigenvalue weighted by Crippen LogP contribution is -2.09. The van der Waals surface area contributed by atoms with Gasteiger partial charge in [0.2, 0.25) is 5.91 Å². The van der Waals surface area contributed by atoms with Crippen molar-refractivity contribution in [1.82, 2.24) is 0 Å². The van der Waals surface area contributed by atoms with Gasteiger partial charge < -0.3 is 14.8 Å². The molecule has 25 heavy (non-hydrogen) atoms. The summed E-state index contributed by atoms with van der Waals surface area (Å²) < 4.78 is 25.6. The second-order valence-electron chi connectivity index (χ2n) is 5.42. The maximum atomic E-state index is 14.6. The van der Waals surface area contributed by atoms with E-state index in [4.69, 9.17) is 9.47 Å². The number of anilines is 1. The second kappa shape index (κ2) is 8.87. The molecule has 2 rings (SSSR count). The van der Waals surface area contributed by atoms with Crippen LogP contribution in [0.2, 0.25) is 0 Å². The Morgan fingerprint density at radius 2 is 2.12 bits per heavy atom. The molecule has 1 amide bonds. The molecular formula is C20H22FNO3. The normalized spacial score (nSPS) is 10.2. The van der Waals surface area contributed by atoms with E-state index in [1.807, 2.05) is 0 Å². The summed E-state index contributed by atoms with van der Waals surface area (Å²) in [5.41, 5.74) is 1.23. The molecule has 0 fully saturated rings. The zero-order valence-electron chi connectivity index (χ0n) is 14.5. The number of hydrogen-bond donors (Lipinski definition) is 1. The van der Waals surface area contributed by atoms with Crippen LogP contribution in [0.25, 0.3) is 11.1 Å². The minimum atomic E-state index is -0.434. The van der Waals surface area contributed by atoms with Crippen molar-refractivity contribution in [3.63, 3.8) is 0 Å². The van der Waals surface area contributed by atoms with Gasteiger partial charge in [-0.3, -0.25) is 4.79 Å². The van der Waals surface area contributed by atoms with Crippen molar-refractivity contribution in [3.8, 4) is 22.6 Å². The van der Waals surface area contributed by atoms with Gasteiger partial charge in [0.1, 0.15) is 17.3 Å². The molecule has 0 saturated heterocycles. The van der Waals surface area contributed by atoms with E-state index in [0.29, 0.717) is 29.4 Å².